The number of aromatic nitrogens is 1. The molecule has 0 aliphatic rings. The highest BCUT2D eigenvalue weighted by Gasteiger charge is 2.27. The molecule has 0 unspecified atom stereocenters. The molecular weight excluding hydrogens is 296 g/mol. The lowest BCUT2D eigenvalue weighted by Gasteiger charge is -2.20. The number of ether oxygens (including phenoxy) is 2. The van der Waals surface area contributed by atoms with Gasteiger partial charge in [-0.15, -0.1) is 0 Å². The van der Waals surface area contributed by atoms with E-state index in [1.807, 2.05) is 13.8 Å². The summed E-state index contributed by atoms with van der Waals surface area (Å²) in [4.78, 5) is 0. The summed E-state index contributed by atoms with van der Waals surface area (Å²) >= 11 is 0. The largest absolute Gasteiger partial charge is 0.383 e. The van der Waals surface area contributed by atoms with Gasteiger partial charge in [-0.3, -0.25) is 0 Å². The molecule has 21 heavy (non-hydrogen) atoms. The van der Waals surface area contributed by atoms with E-state index in [1.165, 1.54) is 14.2 Å². The van der Waals surface area contributed by atoms with E-state index in [0.717, 1.165) is 11.3 Å². The Morgan fingerprint density at radius 2 is 1.81 bits per heavy atom. The van der Waals surface area contributed by atoms with E-state index in [2.05, 4.69) is 9.88 Å². The molecule has 7 nitrogen and oxygen atoms in total. The molecule has 0 saturated carbocycles. The smallest absolute Gasteiger partial charge is 0.219 e. The fraction of sp³-hybridized carbons (Fsp3) is 0.769. The molecule has 0 saturated heterocycles. The van der Waals surface area contributed by atoms with Gasteiger partial charge in [0.2, 0.25) is 10.0 Å². The summed E-state index contributed by atoms with van der Waals surface area (Å²) in [6.45, 7) is 5.63. The van der Waals surface area contributed by atoms with Gasteiger partial charge in [-0.1, -0.05) is 5.16 Å². The zero-order valence-electron chi connectivity index (χ0n) is 13.2. The van der Waals surface area contributed by atoms with Crippen LogP contribution < -0.4 is 4.72 Å². The molecular formula is C13H24N2O5S. The van der Waals surface area contributed by atoms with Crippen molar-refractivity contribution in [3.63, 3.8) is 0 Å². The third-order valence-corrected chi connectivity index (χ3v) is 5.08. The molecule has 0 bridgehead atoms. The highest BCUT2D eigenvalue weighted by Crippen LogP contribution is 2.15. The van der Waals surface area contributed by atoms with E-state index < -0.39 is 15.3 Å². The van der Waals surface area contributed by atoms with E-state index in [-0.39, 0.29) is 19.3 Å². The number of rotatable bonds is 9. The van der Waals surface area contributed by atoms with Gasteiger partial charge in [-0.2, -0.15) is 0 Å². The Labute approximate surface area is 126 Å². The molecule has 1 aromatic rings. The van der Waals surface area contributed by atoms with E-state index in [9.17, 15) is 8.42 Å². The minimum absolute atomic E-state index is 0.0845. The van der Waals surface area contributed by atoms with E-state index >= 15 is 0 Å². The van der Waals surface area contributed by atoms with Crippen LogP contribution in [0.1, 0.15) is 23.9 Å². The summed E-state index contributed by atoms with van der Waals surface area (Å²) in [5, 5.41) is 3.13. The van der Waals surface area contributed by atoms with Gasteiger partial charge in [-0.25, -0.2) is 13.1 Å². The average molecular weight is 320 g/mol. The van der Waals surface area contributed by atoms with E-state index in [1.54, 1.807) is 6.92 Å². The zero-order chi connectivity index (χ0) is 16.0. The average Bonchev–Trinajstić information content (AvgIpc) is 2.69. The van der Waals surface area contributed by atoms with E-state index in [4.69, 9.17) is 14.0 Å². The Bertz CT molecular complexity index is 515. The Hall–Kier alpha value is -0.960. The lowest BCUT2D eigenvalue weighted by atomic mass is 10.1. The maximum Gasteiger partial charge on any atom is 0.219 e. The van der Waals surface area contributed by atoms with Gasteiger partial charge in [0.15, 0.2) is 0 Å². The quantitative estimate of drug-likeness (QED) is 0.724. The van der Waals surface area contributed by atoms with Crippen LogP contribution in [0.5, 0.6) is 0 Å². The first-order valence-electron chi connectivity index (χ1n) is 6.72. The minimum atomic E-state index is -3.53. The van der Waals surface area contributed by atoms with Crippen molar-refractivity contribution in [2.45, 2.75) is 38.5 Å². The Morgan fingerprint density at radius 1 is 1.24 bits per heavy atom. The molecule has 122 valence electrons. The molecule has 0 aliphatic heterocycles. The number of hydrogen-bond donors (Lipinski definition) is 1. The molecule has 0 spiro atoms. The first-order valence-corrected chi connectivity index (χ1v) is 8.27. The van der Waals surface area contributed by atoms with Crippen molar-refractivity contribution in [2.24, 2.45) is 0 Å². The van der Waals surface area contributed by atoms with Crippen molar-refractivity contribution >= 4 is 10.0 Å². The molecule has 1 N–H and O–H groups in total. The van der Waals surface area contributed by atoms with Gasteiger partial charge in [0.1, 0.15) is 11.0 Å². The molecule has 8 heteroatoms. The molecule has 0 aromatic carbocycles. The molecule has 0 radical (unpaired) electrons. The summed E-state index contributed by atoms with van der Waals surface area (Å²) in [6, 6.07) is -0.275. The first-order chi connectivity index (χ1) is 9.81. The van der Waals surface area contributed by atoms with Gasteiger partial charge in [0.25, 0.3) is 0 Å². The Balaban J connectivity index is 2.73. The van der Waals surface area contributed by atoms with Gasteiger partial charge < -0.3 is 14.0 Å². The monoisotopic (exact) mass is 320 g/mol. The zero-order valence-corrected chi connectivity index (χ0v) is 14.0. The molecule has 1 heterocycles. The van der Waals surface area contributed by atoms with Crippen LogP contribution in [0.15, 0.2) is 4.52 Å². The third kappa shape index (κ3) is 5.06. The highest BCUT2D eigenvalue weighted by atomic mass is 32.2. The molecule has 0 aliphatic carbocycles. The predicted octanol–water partition coefficient (Wildman–Crippen LogP) is 0.803. The van der Waals surface area contributed by atoms with Crippen LogP contribution in [-0.2, 0) is 25.9 Å². The third-order valence-electron chi connectivity index (χ3n) is 3.20. The minimum Gasteiger partial charge on any atom is -0.383 e. The van der Waals surface area contributed by atoms with Crippen LogP contribution in [0.25, 0.3) is 0 Å². The van der Waals surface area contributed by atoms with Crippen molar-refractivity contribution in [3.05, 3.63) is 17.0 Å². The molecule has 0 fully saturated rings. The second-order valence-electron chi connectivity index (χ2n) is 5.10. The van der Waals surface area contributed by atoms with Crippen molar-refractivity contribution < 1.29 is 22.4 Å². The van der Waals surface area contributed by atoms with Crippen LogP contribution in [0.2, 0.25) is 0 Å². The summed E-state index contributed by atoms with van der Waals surface area (Å²) in [7, 11) is -0.598. The summed E-state index contributed by atoms with van der Waals surface area (Å²) < 4.78 is 42.3. The summed E-state index contributed by atoms with van der Waals surface area (Å²) in [5.74, 6) is 0.712. The van der Waals surface area contributed by atoms with Crippen molar-refractivity contribution in [2.75, 3.05) is 27.4 Å². The standard InChI is InChI=1S/C13H24N2O5S/c1-9(6-13-10(2)14-20-11(13)3)15-21(16,17)12(7-18-4)8-19-5/h9,12,15H,6-8H2,1-5H3/t9-/m0/s1. The topological polar surface area (TPSA) is 90.7 Å². The Morgan fingerprint density at radius 3 is 2.24 bits per heavy atom. The van der Waals surface area contributed by atoms with E-state index in [0.29, 0.717) is 12.2 Å². The molecule has 0 amide bonds. The number of sulfonamides is 1. The number of hydrogen-bond acceptors (Lipinski definition) is 6. The van der Waals surface area contributed by atoms with Gasteiger partial charge in [0.05, 0.1) is 18.9 Å². The van der Waals surface area contributed by atoms with Crippen LogP contribution in [0, 0.1) is 13.8 Å². The van der Waals surface area contributed by atoms with Crippen LogP contribution in [0.4, 0.5) is 0 Å². The van der Waals surface area contributed by atoms with Crippen LogP contribution in [0.3, 0.4) is 0 Å². The predicted molar refractivity (Wildman–Crippen MR) is 78.7 cm³/mol. The molecule has 1 aromatic heterocycles. The number of nitrogens with one attached hydrogen (secondary N) is 1. The lowest BCUT2D eigenvalue weighted by Crippen LogP contribution is -2.44. The van der Waals surface area contributed by atoms with Crippen molar-refractivity contribution in [3.8, 4) is 0 Å². The number of methoxy groups -OCH3 is 2. The maximum atomic E-state index is 12.3. The fourth-order valence-corrected chi connectivity index (χ4v) is 3.58. The second-order valence-corrected chi connectivity index (χ2v) is 7.10. The van der Waals surface area contributed by atoms with Gasteiger partial charge in [-0.05, 0) is 27.2 Å². The van der Waals surface area contributed by atoms with Gasteiger partial charge in [0, 0.05) is 25.8 Å². The maximum absolute atomic E-state index is 12.3. The fourth-order valence-electron chi connectivity index (χ4n) is 2.12. The molecule has 1 rings (SSSR count). The SMILES string of the molecule is COCC(COC)S(=O)(=O)N[C@@H](C)Cc1c(C)noc1C. The normalized spacial score (nSPS) is 13.8. The Kier molecular flexibility index (Phi) is 6.79. The second kappa shape index (κ2) is 7.88. The van der Waals surface area contributed by atoms with Gasteiger partial charge >= 0.3 is 0 Å². The number of nitrogens with zero attached hydrogens (tertiary/aromatic N) is 1. The van der Waals surface area contributed by atoms with Crippen molar-refractivity contribution in [1.82, 2.24) is 9.88 Å². The van der Waals surface area contributed by atoms with Crippen LogP contribution >= 0.6 is 0 Å². The number of aryl methyl sites for hydroxylation is 2. The first kappa shape index (κ1) is 18.1. The lowest BCUT2D eigenvalue weighted by molar-refractivity contribution is 0.140. The van der Waals surface area contributed by atoms with Crippen molar-refractivity contribution in [1.29, 1.82) is 0 Å². The highest BCUT2D eigenvalue weighted by molar-refractivity contribution is 7.90. The summed E-state index contributed by atoms with van der Waals surface area (Å²) in [6.07, 6.45) is 0.521. The summed E-state index contributed by atoms with van der Waals surface area (Å²) in [5.41, 5.74) is 1.71. The van der Waals surface area contributed by atoms with Crippen LogP contribution in [-0.4, -0.2) is 52.3 Å². The molecule has 1 atom stereocenters.